The van der Waals surface area contributed by atoms with E-state index in [1.54, 1.807) is 25.7 Å². The van der Waals surface area contributed by atoms with Crippen LogP contribution in [-0.4, -0.2) is 0 Å². The van der Waals surface area contributed by atoms with Crippen molar-refractivity contribution in [1.29, 1.82) is 0 Å². The van der Waals surface area contributed by atoms with Gasteiger partial charge in [0.05, 0.1) is 0 Å². The first kappa shape index (κ1) is 23.3. The van der Waals surface area contributed by atoms with Gasteiger partial charge in [0.1, 0.15) is 6.67 Å². The third-order valence-electron chi connectivity index (χ3n) is 9.65. The fourth-order valence-corrected chi connectivity index (χ4v) is 7.56. The minimum atomic E-state index is -0.341. The maximum atomic E-state index is 12.7. The second-order valence-corrected chi connectivity index (χ2v) is 11.5. The molecule has 3 aliphatic rings. The highest BCUT2D eigenvalue weighted by Crippen LogP contribution is 2.46. The second kappa shape index (κ2) is 11.9. The topological polar surface area (TPSA) is 0 Å². The molecule has 174 valence electrons. The maximum Gasteiger partial charge on any atom is 0.115 e. The standard InChI is InChI=1S/C30H47F/c1-2-3-23-10-14-27(15-11-23)29-18-20-30(21-19-29)28-16-12-25(13-17-28)5-4-24-6-8-26(22-31)9-7-24/h6-9,23,25,27-30H,2-5,10-22H2,1H3. The van der Waals surface area contributed by atoms with Crippen LogP contribution in [0.25, 0.3) is 0 Å². The minimum absolute atomic E-state index is 0.341. The van der Waals surface area contributed by atoms with E-state index in [0.717, 1.165) is 41.1 Å². The average Bonchev–Trinajstić information content (AvgIpc) is 2.84. The van der Waals surface area contributed by atoms with Gasteiger partial charge in [0.25, 0.3) is 0 Å². The smallest absolute Gasteiger partial charge is 0.115 e. The second-order valence-electron chi connectivity index (χ2n) is 11.5. The van der Waals surface area contributed by atoms with Crippen molar-refractivity contribution in [3.8, 4) is 0 Å². The summed E-state index contributed by atoms with van der Waals surface area (Å²) in [5.74, 6) is 6.19. The van der Waals surface area contributed by atoms with Gasteiger partial charge in [-0.3, -0.25) is 0 Å². The summed E-state index contributed by atoms with van der Waals surface area (Å²) < 4.78 is 12.7. The molecular formula is C30H47F. The zero-order valence-electron chi connectivity index (χ0n) is 20.2. The zero-order valence-corrected chi connectivity index (χ0v) is 20.2. The van der Waals surface area contributed by atoms with Gasteiger partial charge in [-0.05, 0) is 111 Å². The lowest BCUT2D eigenvalue weighted by atomic mass is 9.64. The Kier molecular flexibility index (Phi) is 8.91. The molecule has 1 heteroatoms. The van der Waals surface area contributed by atoms with Gasteiger partial charge in [-0.25, -0.2) is 4.39 Å². The van der Waals surface area contributed by atoms with Gasteiger partial charge in [-0.2, -0.15) is 0 Å². The summed E-state index contributed by atoms with van der Waals surface area (Å²) in [5, 5.41) is 0. The van der Waals surface area contributed by atoms with Gasteiger partial charge in [-0.15, -0.1) is 0 Å². The molecule has 1 aromatic carbocycles. The van der Waals surface area contributed by atoms with Crippen molar-refractivity contribution in [1.82, 2.24) is 0 Å². The molecule has 0 nitrogen and oxygen atoms in total. The van der Waals surface area contributed by atoms with Crippen molar-refractivity contribution in [2.24, 2.45) is 35.5 Å². The van der Waals surface area contributed by atoms with E-state index >= 15 is 0 Å². The molecule has 4 rings (SSSR count). The molecule has 0 unspecified atom stereocenters. The molecule has 0 bridgehead atoms. The van der Waals surface area contributed by atoms with E-state index in [0.29, 0.717) is 0 Å². The highest BCUT2D eigenvalue weighted by molar-refractivity contribution is 5.22. The van der Waals surface area contributed by atoms with Gasteiger partial charge in [0, 0.05) is 0 Å². The summed E-state index contributed by atoms with van der Waals surface area (Å²) in [6.45, 7) is 2.01. The molecule has 0 N–H and O–H groups in total. The molecule has 0 saturated heterocycles. The van der Waals surface area contributed by atoms with Crippen LogP contribution in [0.4, 0.5) is 4.39 Å². The van der Waals surface area contributed by atoms with Crippen LogP contribution in [0.3, 0.4) is 0 Å². The van der Waals surface area contributed by atoms with Crippen LogP contribution in [0.5, 0.6) is 0 Å². The predicted molar refractivity (Wildman–Crippen MR) is 131 cm³/mol. The average molecular weight is 427 g/mol. The van der Waals surface area contributed by atoms with Crippen molar-refractivity contribution in [3.63, 3.8) is 0 Å². The number of rotatable bonds is 8. The highest BCUT2D eigenvalue weighted by atomic mass is 19.1. The van der Waals surface area contributed by atoms with Gasteiger partial charge in [0.15, 0.2) is 0 Å². The highest BCUT2D eigenvalue weighted by Gasteiger charge is 2.34. The Balaban J connectivity index is 1.13. The van der Waals surface area contributed by atoms with Crippen molar-refractivity contribution in [3.05, 3.63) is 35.4 Å². The van der Waals surface area contributed by atoms with Gasteiger partial charge < -0.3 is 0 Å². The number of alkyl halides is 1. The molecule has 3 fully saturated rings. The van der Waals surface area contributed by atoms with E-state index in [-0.39, 0.29) is 6.67 Å². The molecule has 0 aliphatic heterocycles. The molecule has 3 saturated carbocycles. The summed E-state index contributed by atoms with van der Waals surface area (Å²) in [6.07, 6.45) is 23.6. The van der Waals surface area contributed by atoms with Crippen LogP contribution in [-0.2, 0) is 13.1 Å². The maximum absolute atomic E-state index is 12.7. The summed E-state index contributed by atoms with van der Waals surface area (Å²) in [5.41, 5.74) is 2.20. The van der Waals surface area contributed by atoms with E-state index in [1.807, 2.05) is 12.1 Å². The van der Waals surface area contributed by atoms with Crippen LogP contribution >= 0.6 is 0 Å². The van der Waals surface area contributed by atoms with Gasteiger partial charge >= 0.3 is 0 Å². The van der Waals surface area contributed by atoms with E-state index < -0.39 is 0 Å². The number of hydrogen-bond donors (Lipinski definition) is 0. The Bertz CT molecular complexity index is 610. The number of halogens is 1. The lowest BCUT2D eigenvalue weighted by molar-refractivity contribution is 0.102. The largest absolute Gasteiger partial charge is 0.246 e. The fraction of sp³-hybridized carbons (Fsp3) is 0.800. The first-order valence-corrected chi connectivity index (χ1v) is 13.9. The number of hydrogen-bond acceptors (Lipinski definition) is 0. The lowest BCUT2D eigenvalue weighted by Crippen LogP contribution is -2.29. The van der Waals surface area contributed by atoms with Crippen molar-refractivity contribution in [2.75, 3.05) is 0 Å². The molecule has 0 spiro atoms. The molecule has 31 heavy (non-hydrogen) atoms. The summed E-state index contributed by atoms with van der Waals surface area (Å²) in [7, 11) is 0. The quantitative estimate of drug-likeness (QED) is 0.388. The zero-order chi connectivity index (χ0) is 21.5. The van der Waals surface area contributed by atoms with E-state index in [9.17, 15) is 4.39 Å². The Hall–Kier alpha value is -0.850. The summed E-state index contributed by atoms with van der Waals surface area (Å²) >= 11 is 0. The van der Waals surface area contributed by atoms with Crippen molar-refractivity contribution in [2.45, 2.75) is 116 Å². The molecule has 0 aromatic heterocycles. The van der Waals surface area contributed by atoms with Crippen molar-refractivity contribution >= 4 is 0 Å². The number of aryl methyl sites for hydroxylation is 1. The first-order chi connectivity index (χ1) is 15.2. The molecule has 0 amide bonds. The monoisotopic (exact) mass is 426 g/mol. The Morgan fingerprint density at radius 2 is 0.968 bits per heavy atom. The molecule has 1 aromatic rings. The Morgan fingerprint density at radius 3 is 1.39 bits per heavy atom. The SMILES string of the molecule is CCCC1CCC(C2CCC(C3CCC(CCc4ccc(CF)cc4)CC3)CC2)CC1. The third kappa shape index (κ3) is 6.58. The first-order valence-electron chi connectivity index (χ1n) is 13.9. The van der Waals surface area contributed by atoms with Crippen LogP contribution in [0, 0.1) is 35.5 Å². The predicted octanol–water partition coefficient (Wildman–Crippen LogP) is 9.31. The molecule has 0 atom stereocenters. The van der Waals surface area contributed by atoms with Crippen molar-refractivity contribution < 1.29 is 4.39 Å². The van der Waals surface area contributed by atoms with E-state index in [4.69, 9.17) is 0 Å². The van der Waals surface area contributed by atoms with Crippen LogP contribution in [0.15, 0.2) is 24.3 Å². The van der Waals surface area contributed by atoms with Crippen LogP contribution in [0.2, 0.25) is 0 Å². The van der Waals surface area contributed by atoms with Crippen LogP contribution in [0.1, 0.15) is 114 Å². The minimum Gasteiger partial charge on any atom is -0.246 e. The normalized spacial score (nSPS) is 34.5. The molecule has 3 aliphatic carbocycles. The molecular weight excluding hydrogens is 379 g/mol. The Labute approximate surface area is 191 Å². The summed E-state index contributed by atoms with van der Waals surface area (Å²) in [4.78, 5) is 0. The number of benzene rings is 1. The fourth-order valence-electron chi connectivity index (χ4n) is 7.56. The summed E-state index contributed by atoms with van der Waals surface area (Å²) in [6, 6.07) is 8.18. The van der Waals surface area contributed by atoms with Crippen LogP contribution < -0.4 is 0 Å². The third-order valence-corrected chi connectivity index (χ3v) is 9.65. The van der Waals surface area contributed by atoms with Gasteiger partial charge in [-0.1, -0.05) is 69.7 Å². The Morgan fingerprint density at radius 1 is 0.581 bits per heavy atom. The molecule has 0 radical (unpaired) electrons. The van der Waals surface area contributed by atoms with Gasteiger partial charge in [0.2, 0.25) is 0 Å². The lowest BCUT2D eigenvalue weighted by Gasteiger charge is -2.41. The molecule has 0 heterocycles. The van der Waals surface area contributed by atoms with E-state index in [1.165, 1.54) is 82.6 Å². The van der Waals surface area contributed by atoms with E-state index in [2.05, 4.69) is 19.1 Å².